The van der Waals surface area contributed by atoms with E-state index in [9.17, 15) is 27.6 Å². The number of hydrogen-bond donors (Lipinski definition) is 2. The summed E-state index contributed by atoms with van der Waals surface area (Å²) in [6.07, 6.45) is -0.190. The zero-order chi connectivity index (χ0) is 20.5. The highest BCUT2D eigenvalue weighted by molar-refractivity contribution is 6.07. The molecule has 6 nitrogen and oxygen atoms in total. The van der Waals surface area contributed by atoms with E-state index in [-0.39, 0.29) is 18.5 Å². The first-order valence-corrected chi connectivity index (χ1v) is 8.36. The second-order valence-electron chi connectivity index (χ2n) is 6.45. The second-order valence-corrected chi connectivity index (χ2v) is 6.45. The third-order valence-corrected chi connectivity index (χ3v) is 4.46. The molecule has 0 saturated carbocycles. The maximum absolute atomic E-state index is 13.5. The van der Waals surface area contributed by atoms with Gasteiger partial charge in [-0.05, 0) is 48.9 Å². The van der Waals surface area contributed by atoms with Crippen molar-refractivity contribution in [2.24, 2.45) is 0 Å². The number of nitrogens with one attached hydrogen (secondary N) is 2. The van der Waals surface area contributed by atoms with Crippen molar-refractivity contribution in [1.82, 2.24) is 10.2 Å². The van der Waals surface area contributed by atoms with Crippen LogP contribution in [0.1, 0.15) is 18.9 Å². The van der Waals surface area contributed by atoms with Crippen molar-refractivity contribution >= 4 is 23.5 Å². The summed E-state index contributed by atoms with van der Waals surface area (Å²) >= 11 is 0. The van der Waals surface area contributed by atoms with Crippen LogP contribution in [0.25, 0.3) is 0 Å². The first-order chi connectivity index (χ1) is 13.2. The van der Waals surface area contributed by atoms with Crippen LogP contribution < -0.4 is 10.6 Å². The van der Waals surface area contributed by atoms with Gasteiger partial charge >= 0.3 is 6.03 Å². The Labute approximate surface area is 158 Å². The Hall–Kier alpha value is -3.36. The molecule has 0 aromatic heterocycles. The molecule has 1 saturated heterocycles. The van der Waals surface area contributed by atoms with Crippen molar-refractivity contribution in [2.45, 2.75) is 18.9 Å². The third-order valence-electron chi connectivity index (χ3n) is 4.46. The van der Waals surface area contributed by atoms with Crippen molar-refractivity contribution in [2.75, 3.05) is 11.9 Å². The van der Waals surface area contributed by atoms with Gasteiger partial charge < -0.3 is 10.6 Å². The van der Waals surface area contributed by atoms with Gasteiger partial charge in [-0.3, -0.25) is 14.5 Å². The normalized spacial score (nSPS) is 18.9. The van der Waals surface area contributed by atoms with Gasteiger partial charge in [0.05, 0.1) is 0 Å². The lowest BCUT2D eigenvalue weighted by Gasteiger charge is -2.22. The minimum absolute atomic E-state index is 0.0861. The smallest absolute Gasteiger partial charge is 0.325 e. The molecular formula is C19H16F3N3O3. The first-order valence-electron chi connectivity index (χ1n) is 8.36. The van der Waals surface area contributed by atoms with Crippen molar-refractivity contribution in [3.8, 4) is 0 Å². The average Bonchev–Trinajstić information content (AvgIpc) is 2.87. The highest BCUT2D eigenvalue weighted by Gasteiger charge is 2.49. The Bertz CT molecular complexity index is 949. The number of hydrogen-bond acceptors (Lipinski definition) is 3. The number of imide groups is 1. The SMILES string of the molecule is CC1(c2ccc(F)c(F)c2)NC(=O)N(CCC(=O)Nc2ccc(F)cc2)C1=O. The molecule has 1 heterocycles. The lowest BCUT2D eigenvalue weighted by Crippen LogP contribution is -2.41. The predicted molar refractivity (Wildman–Crippen MR) is 93.6 cm³/mol. The lowest BCUT2D eigenvalue weighted by atomic mass is 9.92. The van der Waals surface area contributed by atoms with Gasteiger partial charge in [0.2, 0.25) is 5.91 Å². The van der Waals surface area contributed by atoms with Crippen LogP contribution in [0.15, 0.2) is 42.5 Å². The third kappa shape index (κ3) is 3.68. The molecule has 0 bridgehead atoms. The molecule has 0 radical (unpaired) electrons. The number of urea groups is 1. The zero-order valence-corrected chi connectivity index (χ0v) is 14.8. The van der Waals surface area contributed by atoms with E-state index in [4.69, 9.17) is 0 Å². The van der Waals surface area contributed by atoms with Crippen molar-refractivity contribution < 1.29 is 27.6 Å². The van der Waals surface area contributed by atoms with Crippen LogP contribution in [0, 0.1) is 17.5 Å². The maximum atomic E-state index is 13.5. The summed E-state index contributed by atoms with van der Waals surface area (Å²) < 4.78 is 39.5. The largest absolute Gasteiger partial charge is 0.326 e. The van der Waals surface area contributed by atoms with E-state index in [2.05, 4.69) is 10.6 Å². The van der Waals surface area contributed by atoms with Crippen LogP contribution in [-0.2, 0) is 15.1 Å². The molecule has 1 atom stereocenters. The Morgan fingerprint density at radius 1 is 1.07 bits per heavy atom. The zero-order valence-electron chi connectivity index (χ0n) is 14.8. The predicted octanol–water partition coefficient (Wildman–Crippen LogP) is 2.90. The Morgan fingerprint density at radius 2 is 1.75 bits per heavy atom. The summed E-state index contributed by atoms with van der Waals surface area (Å²) in [5, 5.41) is 4.97. The van der Waals surface area contributed by atoms with Gasteiger partial charge in [0.25, 0.3) is 5.91 Å². The van der Waals surface area contributed by atoms with E-state index in [1.54, 1.807) is 0 Å². The molecular weight excluding hydrogens is 375 g/mol. The fourth-order valence-electron chi connectivity index (χ4n) is 2.87. The molecule has 0 spiro atoms. The van der Waals surface area contributed by atoms with E-state index in [0.29, 0.717) is 5.69 Å². The fraction of sp³-hybridized carbons (Fsp3) is 0.211. The van der Waals surface area contributed by atoms with E-state index in [1.807, 2.05) is 0 Å². The molecule has 1 aliphatic rings. The minimum Gasteiger partial charge on any atom is -0.326 e. The van der Waals surface area contributed by atoms with Crippen molar-refractivity contribution in [3.05, 3.63) is 65.5 Å². The first kappa shape index (κ1) is 19.4. The van der Waals surface area contributed by atoms with Crippen LogP contribution in [0.2, 0.25) is 0 Å². The molecule has 28 heavy (non-hydrogen) atoms. The average molecular weight is 391 g/mol. The quantitative estimate of drug-likeness (QED) is 0.770. The highest BCUT2D eigenvalue weighted by Crippen LogP contribution is 2.29. The Balaban J connectivity index is 1.67. The molecule has 1 unspecified atom stereocenters. The monoisotopic (exact) mass is 391 g/mol. The van der Waals surface area contributed by atoms with Gasteiger partial charge in [-0.2, -0.15) is 0 Å². The number of amides is 4. The van der Waals surface area contributed by atoms with Gasteiger partial charge in [0, 0.05) is 18.7 Å². The molecule has 1 aliphatic heterocycles. The van der Waals surface area contributed by atoms with E-state index in [0.717, 1.165) is 17.0 Å². The second kappa shape index (κ2) is 7.34. The summed E-state index contributed by atoms with van der Waals surface area (Å²) in [4.78, 5) is 37.7. The van der Waals surface area contributed by atoms with Crippen LogP contribution in [0.3, 0.4) is 0 Å². The van der Waals surface area contributed by atoms with Crippen LogP contribution in [0.4, 0.5) is 23.7 Å². The molecule has 2 aromatic rings. The molecule has 2 aromatic carbocycles. The highest BCUT2D eigenvalue weighted by atomic mass is 19.2. The summed E-state index contributed by atoms with van der Waals surface area (Å²) in [5.41, 5.74) is -1.11. The molecule has 2 N–H and O–H groups in total. The van der Waals surface area contributed by atoms with Gasteiger partial charge in [-0.1, -0.05) is 6.07 Å². The molecule has 0 aliphatic carbocycles. The summed E-state index contributed by atoms with van der Waals surface area (Å²) in [6.45, 7) is 1.16. The minimum atomic E-state index is -1.57. The van der Waals surface area contributed by atoms with Crippen molar-refractivity contribution in [3.63, 3.8) is 0 Å². The lowest BCUT2D eigenvalue weighted by molar-refractivity contribution is -0.131. The van der Waals surface area contributed by atoms with Gasteiger partial charge in [-0.15, -0.1) is 0 Å². The van der Waals surface area contributed by atoms with Gasteiger partial charge in [0.15, 0.2) is 11.6 Å². The molecule has 9 heteroatoms. The van der Waals surface area contributed by atoms with E-state index >= 15 is 0 Å². The number of halogens is 3. The number of rotatable bonds is 5. The molecule has 1 fully saturated rings. The van der Waals surface area contributed by atoms with Gasteiger partial charge in [-0.25, -0.2) is 18.0 Å². The summed E-state index contributed by atoms with van der Waals surface area (Å²) in [5.74, 6) is -3.82. The van der Waals surface area contributed by atoms with Gasteiger partial charge in [0.1, 0.15) is 11.4 Å². The van der Waals surface area contributed by atoms with Crippen LogP contribution in [0.5, 0.6) is 0 Å². The molecule has 146 valence electrons. The Morgan fingerprint density at radius 3 is 2.39 bits per heavy atom. The number of anilines is 1. The summed E-state index contributed by atoms with van der Waals surface area (Å²) in [7, 11) is 0. The van der Waals surface area contributed by atoms with Crippen LogP contribution in [-0.4, -0.2) is 29.3 Å². The standard InChI is InChI=1S/C19H16F3N3O3/c1-19(11-2-7-14(21)15(22)10-11)17(27)25(18(28)24-19)9-8-16(26)23-13-5-3-12(20)4-6-13/h2-7,10H,8-9H2,1H3,(H,23,26)(H,24,28). The number of benzene rings is 2. The summed E-state index contributed by atoms with van der Waals surface area (Å²) in [6, 6.07) is 7.29. The van der Waals surface area contributed by atoms with Crippen LogP contribution >= 0.6 is 0 Å². The molecule has 4 amide bonds. The fourth-order valence-corrected chi connectivity index (χ4v) is 2.87. The van der Waals surface area contributed by atoms with E-state index in [1.165, 1.54) is 37.3 Å². The Kier molecular flexibility index (Phi) is 5.08. The van der Waals surface area contributed by atoms with Crippen molar-refractivity contribution in [1.29, 1.82) is 0 Å². The van der Waals surface area contributed by atoms with E-state index < -0.39 is 40.8 Å². The number of nitrogens with zero attached hydrogens (tertiary/aromatic N) is 1. The number of carbonyl (C=O) groups is 3. The number of carbonyl (C=O) groups excluding carboxylic acids is 3. The molecule has 3 rings (SSSR count). The maximum Gasteiger partial charge on any atom is 0.325 e. The topological polar surface area (TPSA) is 78.5 Å².